The molecule has 13 heteroatoms. The Morgan fingerprint density at radius 2 is 1.62 bits per heavy atom. The van der Waals surface area contributed by atoms with Crippen LogP contribution in [0.2, 0.25) is 0 Å². The van der Waals surface area contributed by atoms with Gasteiger partial charge in [-0.05, 0) is 18.4 Å². The Hall–Kier alpha value is -2.28. The van der Waals surface area contributed by atoms with E-state index in [4.69, 9.17) is 0 Å². The van der Waals surface area contributed by atoms with Gasteiger partial charge in [-0.25, -0.2) is 4.79 Å². The molecular formula is C19H20F7NO4S. The van der Waals surface area contributed by atoms with Gasteiger partial charge >= 0.3 is 35.0 Å². The maximum atomic E-state index is 13.8. The van der Waals surface area contributed by atoms with Crippen molar-refractivity contribution < 1.29 is 49.8 Å². The predicted molar refractivity (Wildman–Crippen MR) is 102 cm³/mol. The van der Waals surface area contributed by atoms with Crippen molar-refractivity contribution in [3.05, 3.63) is 48.6 Å². The average Bonchev–Trinajstić information content (AvgIpc) is 2.69. The Labute approximate surface area is 184 Å². The van der Waals surface area contributed by atoms with Gasteiger partial charge in [0.25, 0.3) is 0 Å². The number of esters is 1. The van der Waals surface area contributed by atoms with Crippen molar-refractivity contribution in [3.8, 4) is 0 Å². The molecule has 0 aliphatic rings. The number of alkyl halides is 7. The van der Waals surface area contributed by atoms with E-state index in [1.807, 2.05) is 5.32 Å². The number of halogens is 7. The van der Waals surface area contributed by atoms with Gasteiger partial charge in [-0.2, -0.15) is 30.7 Å². The van der Waals surface area contributed by atoms with Gasteiger partial charge in [0.2, 0.25) is 0 Å². The molecule has 0 aliphatic heterocycles. The predicted octanol–water partition coefficient (Wildman–Crippen LogP) is 4.64. The van der Waals surface area contributed by atoms with Gasteiger partial charge in [0.05, 0.1) is 6.61 Å². The minimum atomic E-state index is -5.57. The first kappa shape index (κ1) is 27.8. The molecule has 1 unspecified atom stereocenters. The lowest BCUT2D eigenvalue weighted by atomic mass is 10.1. The van der Waals surface area contributed by atoms with Crippen molar-refractivity contribution in [1.29, 1.82) is 0 Å². The van der Waals surface area contributed by atoms with Gasteiger partial charge in [0, 0.05) is 19.0 Å². The topological polar surface area (TPSA) is 64.6 Å². The van der Waals surface area contributed by atoms with Gasteiger partial charge in [-0.3, -0.25) is 4.79 Å². The SMILES string of the molecule is C=CC(=O)OC(OCCCCC(F)(F)C(F)(F)S)(C(=O)NCc1ccccc1)C(F)(F)F. The summed E-state index contributed by atoms with van der Waals surface area (Å²) in [5.41, 5.74) is 0.418. The molecule has 1 aromatic rings. The van der Waals surface area contributed by atoms with Gasteiger partial charge in [0.1, 0.15) is 0 Å². The van der Waals surface area contributed by atoms with E-state index in [1.54, 1.807) is 18.2 Å². The molecule has 5 nitrogen and oxygen atoms in total. The van der Waals surface area contributed by atoms with Crippen LogP contribution in [0.25, 0.3) is 0 Å². The van der Waals surface area contributed by atoms with Gasteiger partial charge in [0.15, 0.2) is 0 Å². The third kappa shape index (κ3) is 7.40. The quantitative estimate of drug-likeness (QED) is 0.112. The summed E-state index contributed by atoms with van der Waals surface area (Å²) in [6, 6.07) is 7.77. The molecule has 0 bridgehead atoms. The van der Waals surface area contributed by atoms with E-state index in [-0.39, 0.29) is 6.54 Å². The molecule has 180 valence electrons. The van der Waals surface area contributed by atoms with E-state index in [9.17, 15) is 40.3 Å². The number of amides is 1. The van der Waals surface area contributed by atoms with Crippen molar-refractivity contribution in [3.63, 3.8) is 0 Å². The third-order valence-corrected chi connectivity index (χ3v) is 4.34. The lowest BCUT2D eigenvalue weighted by Gasteiger charge is -2.33. The molecule has 0 spiro atoms. The smallest absolute Gasteiger partial charge is 0.412 e. The van der Waals surface area contributed by atoms with Crippen LogP contribution in [-0.4, -0.2) is 41.6 Å². The molecule has 0 saturated heterocycles. The van der Waals surface area contributed by atoms with Crippen LogP contribution in [0.5, 0.6) is 0 Å². The molecule has 0 aliphatic carbocycles. The summed E-state index contributed by atoms with van der Waals surface area (Å²) >= 11 is 2.49. The van der Waals surface area contributed by atoms with Crippen molar-refractivity contribution >= 4 is 24.5 Å². The zero-order valence-electron chi connectivity index (χ0n) is 16.4. The zero-order valence-corrected chi connectivity index (χ0v) is 17.3. The van der Waals surface area contributed by atoms with Crippen LogP contribution in [0, 0.1) is 0 Å². The first-order valence-corrected chi connectivity index (χ1v) is 9.47. The van der Waals surface area contributed by atoms with Crippen molar-refractivity contribution in [2.45, 2.75) is 48.9 Å². The van der Waals surface area contributed by atoms with Crippen LogP contribution in [0.3, 0.4) is 0 Å². The summed E-state index contributed by atoms with van der Waals surface area (Å²) < 4.78 is 102. The van der Waals surface area contributed by atoms with Crippen LogP contribution >= 0.6 is 12.6 Å². The maximum absolute atomic E-state index is 13.8. The van der Waals surface area contributed by atoms with Crippen LogP contribution in [0.1, 0.15) is 24.8 Å². The fourth-order valence-electron chi connectivity index (χ4n) is 2.30. The second-order valence-corrected chi connectivity index (χ2v) is 7.02. The third-order valence-electron chi connectivity index (χ3n) is 4.01. The number of ether oxygens (including phenoxy) is 2. The molecule has 32 heavy (non-hydrogen) atoms. The summed E-state index contributed by atoms with van der Waals surface area (Å²) in [6.45, 7) is 1.55. The van der Waals surface area contributed by atoms with Crippen molar-refractivity contribution in [2.24, 2.45) is 0 Å². The molecule has 1 aromatic carbocycles. The minimum Gasteiger partial charge on any atom is -0.412 e. The highest BCUT2D eigenvalue weighted by molar-refractivity contribution is 7.81. The molecule has 1 atom stereocenters. The Morgan fingerprint density at radius 3 is 2.12 bits per heavy atom. The first-order valence-electron chi connectivity index (χ1n) is 9.02. The fraction of sp³-hybridized carbons (Fsp3) is 0.474. The van der Waals surface area contributed by atoms with E-state index in [0.717, 1.165) is 0 Å². The summed E-state index contributed by atoms with van der Waals surface area (Å²) in [5, 5.41) is -2.69. The average molecular weight is 491 g/mol. The standard InChI is InChI=1S/C19H20F7NO4S/c1-2-14(28)31-17(18(22,23)24,15(29)27-12-13-8-4-3-5-9-13)30-11-7-6-10-16(20,21)19(25,26)32/h2-5,8-9,32H,1,6-7,10-12H2,(H,27,29). The Bertz CT molecular complexity index is 784. The van der Waals surface area contributed by atoms with Crippen LogP contribution in [-0.2, 0) is 25.6 Å². The van der Waals surface area contributed by atoms with Crippen molar-refractivity contribution in [2.75, 3.05) is 6.61 Å². The lowest BCUT2D eigenvalue weighted by molar-refractivity contribution is -0.347. The van der Waals surface area contributed by atoms with Gasteiger partial charge in [-0.15, -0.1) is 0 Å². The molecule has 0 heterocycles. The number of benzene rings is 1. The Kier molecular flexibility index (Phi) is 9.57. The number of hydrogen-bond donors (Lipinski definition) is 2. The molecule has 0 radical (unpaired) electrons. The number of thiol groups is 1. The normalized spacial score (nSPS) is 14.4. The largest absolute Gasteiger partial charge is 0.466 e. The number of hydrogen-bond acceptors (Lipinski definition) is 5. The Morgan fingerprint density at radius 1 is 1.03 bits per heavy atom. The zero-order chi connectivity index (χ0) is 24.6. The van der Waals surface area contributed by atoms with Crippen molar-refractivity contribution in [1.82, 2.24) is 5.32 Å². The van der Waals surface area contributed by atoms with Gasteiger partial charge in [-0.1, -0.05) is 49.5 Å². The van der Waals surface area contributed by atoms with Crippen LogP contribution in [0.15, 0.2) is 43.0 Å². The molecule has 1 rings (SSSR count). The van der Waals surface area contributed by atoms with E-state index in [2.05, 4.69) is 28.7 Å². The van der Waals surface area contributed by atoms with E-state index < -0.39 is 60.9 Å². The fourth-order valence-corrected chi connectivity index (χ4v) is 2.41. The monoisotopic (exact) mass is 491 g/mol. The van der Waals surface area contributed by atoms with Gasteiger partial charge < -0.3 is 14.8 Å². The summed E-state index contributed by atoms with van der Waals surface area (Å²) in [7, 11) is 0. The second-order valence-electron chi connectivity index (χ2n) is 6.46. The highest BCUT2D eigenvalue weighted by atomic mass is 32.1. The molecule has 0 aromatic heterocycles. The highest BCUT2D eigenvalue weighted by Gasteiger charge is 2.66. The number of unbranched alkanes of at least 4 members (excludes halogenated alkanes) is 1. The number of carbonyl (C=O) groups is 2. The molecule has 1 N–H and O–H groups in total. The molecule has 1 amide bonds. The van der Waals surface area contributed by atoms with E-state index >= 15 is 0 Å². The second kappa shape index (κ2) is 11.0. The number of rotatable bonds is 12. The maximum Gasteiger partial charge on any atom is 0.466 e. The van der Waals surface area contributed by atoms with Crippen LogP contribution in [0.4, 0.5) is 30.7 Å². The Balaban J connectivity index is 2.94. The van der Waals surface area contributed by atoms with E-state index in [0.29, 0.717) is 11.6 Å². The summed E-state index contributed by atoms with van der Waals surface area (Å²) in [4.78, 5) is 23.9. The first-order chi connectivity index (χ1) is 14.7. The highest BCUT2D eigenvalue weighted by Crippen LogP contribution is 2.41. The molecule has 0 saturated carbocycles. The summed E-state index contributed by atoms with van der Waals surface area (Å²) in [5.74, 6) is -12.1. The molecule has 0 fully saturated rings. The van der Waals surface area contributed by atoms with Crippen LogP contribution < -0.4 is 5.32 Å². The van der Waals surface area contributed by atoms with E-state index in [1.165, 1.54) is 12.1 Å². The number of carbonyl (C=O) groups excluding carboxylic acids is 2. The number of nitrogens with one attached hydrogen (secondary N) is 1. The lowest BCUT2D eigenvalue weighted by Crippen LogP contribution is -2.61. The molecular weight excluding hydrogens is 471 g/mol. The minimum absolute atomic E-state index is 0.365. The summed E-state index contributed by atoms with van der Waals surface area (Å²) in [6.07, 6.45) is -7.90.